The van der Waals surface area contributed by atoms with Crippen molar-refractivity contribution in [3.05, 3.63) is 56.3 Å². The first kappa shape index (κ1) is 16.0. The normalized spacial score (nSPS) is 12.1. The number of phenols is 1. The van der Waals surface area contributed by atoms with Crippen molar-refractivity contribution in [1.82, 2.24) is 5.32 Å². The monoisotopic (exact) mass is 320 g/mol. The van der Waals surface area contributed by atoms with Gasteiger partial charge in [-0.1, -0.05) is 19.9 Å². The van der Waals surface area contributed by atoms with Gasteiger partial charge in [0.05, 0.1) is 11.0 Å². The number of phenolic OH excluding ortho intramolecular Hbond substituents is 1. The number of nitro benzene ring substituents is 1. The topological polar surface area (TPSA) is 92.5 Å². The molecular formula is C15H16N2O4S. The molecular weight excluding hydrogens is 304 g/mol. The quantitative estimate of drug-likeness (QED) is 0.651. The average Bonchev–Trinajstić information content (AvgIpc) is 2.97. The van der Waals surface area contributed by atoms with Gasteiger partial charge >= 0.3 is 5.69 Å². The Hall–Kier alpha value is -2.41. The molecule has 0 aliphatic heterocycles. The summed E-state index contributed by atoms with van der Waals surface area (Å²) in [7, 11) is 0. The Morgan fingerprint density at radius 1 is 1.36 bits per heavy atom. The van der Waals surface area contributed by atoms with E-state index in [1.807, 2.05) is 31.4 Å². The molecule has 1 aromatic heterocycles. The molecule has 0 radical (unpaired) electrons. The highest BCUT2D eigenvalue weighted by atomic mass is 32.1. The first-order chi connectivity index (χ1) is 10.4. The smallest absolute Gasteiger partial charge is 0.310 e. The van der Waals surface area contributed by atoms with Crippen LogP contribution in [0, 0.1) is 16.0 Å². The van der Waals surface area contributed by atoms with Crippen molar-refractivity contribution in [2.75, 3.05) is 0 Å². The van der Waals surface area contributed by atoms with E-state index in [4.69, 9.17) is 0 Å². The predicted octanol–water partition coefficient (Wildman–Crippen LogP) is 3.49. The molecule has 0 saturated carbocycles. The van der Waals surface area contributed by atoms with Crippen LogP contribution in [0.15, 0.2) is 35.7 Å². The number of nitro groups is 1. The third-order valence-electron chi connectivity index (χ3n) is 3.24. The molecule has 1 heterocycles. The van der Waals surface area contributed by atoms with Crippen LogP contribution in [0.4, 0.5) is 5.69 Å². The van der Waals surface area contributed by atoms with Gasteiger partial charge in [0.1, 0.15) is 0 Å². The Labute approximate surface area is 131 Å². The molecule has 7 heteroatoms. The lowest BCUT2D eigenvalue weighted by molar-refractivity contribution is -0.385. The van der Waals surface area contributed by atoms with Gasteiger partial charge in [-0.05, 0) is 29.5 Å². The van der Waals surface area contributed by atoms with Crippen molar-refractivity contribution in [2.24, 2.45) is 5.92 Å². The Morgan fingerprint density at radius 2 is 2.09 bits per heavy atom. The molecule has 1 atom stereocenters. The number of nitrogens with one attached hydrogen (secondary N) is 1. The molecule has 2 aromatic rings. The fourth-order valence-corrected chi connectivity index (χ4v) is 3.03. The van der Waals surface area contributed by atoms with Gasteiger partial charge in [-0.15, -0.1) is 11.3 Å². The Morgan fingerprint density at radius 3 is 2.59 bits per heavy atom. The van der Waals surface area contributed by atoms with Crippen LogP contribution in [0.3, 0.4) is 0 Å². The lowest BCUT2D eigenvalue weighted by atomic mass is 10.0. The van der Waals surface area contributed by atoms with Crippen LogP contribution in [0.5, 0.6) is 5.75 Å². The number of nitrogens with zero attached hydrogens (tertiary/aromatic N) is 1. The van der Waals surface area contributed by atoms with E-state index in [0.29, 0.717) is 0 Å². The van der Waals surface area contributed by atoms with Gasteiger partial charge < -0.3 is 10.4 Å². The molecule has 1 amide bonds. The first-order valence-electron chi connectivity index (χ1n) is 6.72. The highest BCUT2D eigenvalue weighted by molar-refractivity contribution is 7.10. The van der Waals surface area contributed by atoms with Crippen LogP contribution in [0.1, 0.15) is 35.1 Å². The minimum absolute atomic E-state index is 0.148. The van der Waals surface area contributed by atoms with Crippen molar-refractivity contribution in [1.29, 1.82) is 0 Å². The van der Waals surface area contributed by atoms with E-state index in [-0.39, 0.29) is 23.4 Å². The molecule has 2 N–H and O–H groups in total. The zero-order valence-corrected chi connectivity index (χ0v) is 13.0. The zero-order chi connectivity index (χ0) is 16.3. The number of benzene rings is 1. The van der Waals surface area contributed by atoms with Crippen LogP contribution in [-0.4, -0.2) is 15.9 Å². The summed E-state index contributed by atoms with van der Waals surface area (Å²) in [4.78, 5) is 23.3. The van der Waals surface area contributed by atoms with E-state index < -0.39 is 16.4 Å². The van der Waals surface area contributed by atoms with Gasteiger partial charge in [-0.25, -0.2) is 0 Å². The number of hydrogen-bond acceptors (Lipinski definition) is 5. The zero-order valence-electron chi connectivity index (χ0n) is 12.1. The second-order valence-corrected chi connectivity index (χ2v) is 6.15. The van der Waals surface area contributed by atoms with Gasteiger partial charge in [0, 0.05) is 16.5 Å². The number of carbonyl (C=O) groups excluding carboxylic acids is 1. The minimum Gasteiger partial charge on any atom is -0.502 e. The predicted molar refractivity (Wildman–Crippen MR) is 84.1 cm³/mol. The molecule has 2 rings (SSSR count). The number of rotatable bonds is 5. The molecule has 116 valence electrons. The summed E-state index contributed by atoms with van der Waals surface area (Å²) in [5.74, 6) is -0.707. The van der Waals surface area contributed by atoms with E-state index >= 15 is 0 Å². The standard InChI is InChI=1S/C15H16N2O4S/c1-9(2)14(13-4-3-7-22-13)16-15(19)10-5-6-11(17(20)21)12(18)8-10/h3-9,14,18H,1-2H3,(H,16,19). The highest BCUT2D eigenvalue weighted by Crippen LogP contribution is 2.28. The fourth-order valence-electron chi connectivity index (χ4n) is 2.08. The summed E-state index contributed by atoms with van der Waals surface area (Å²) in [6, 6.07) is 7.28. The molecule has 1 aromatic carbocycles. The van der Waals surface area contributed by atoms with Crippen LogP contribution in [0.2, 0.25) is 0 Å². The Kier molecular flexibility index (Phi) is 4.77. The van der Waals surface area contributed by atoms with E-state index in [1.54, 1.807) is 11.3 Å². The molecule has 0 fully saturated rings. The van der Waals surface area contributed by atoms with Gasteiger partial charge in [0.15, 0.2) is 5.75 Å². The number of aromatic hydroxyl groups is 1. The van der Waals surface area contributed by atoms with Crippen molar-refractivity contribution in [2.45, 2.75) is 19.9 Å². The largest absolute Gasteiger partial charge is 0.502 e. The molecule has 1 unspecified atom stereocenters. The second-order valence-electron chi connectivity index (χ2n) is 5.17. The van der Waals surface area contributed by atoms with Crippen LogP contribution >= 0.6 is 11.3 Å². The molecule has 6 nitrogen and oxygen atoms in total. The van der Waals surface area contributed by atoms with Crippen molar-refractivity contribution < 1.29 is 14.8 Å². The molecule has 0 bridgehead atoms. The number of hydrogen-bond donors (Lipinski definition) is 2. The van der Waals surface area contributed by atoms with Crippen LogP contribution < -0.4 is 5.32 Å². The van der Waals surface area contributed by atoms with Gasteiger partial charge in [-0.2, -0.15) is 0 Å². The number of carbonyl (C=O) groups is 1. The number of amides is 1. The third kappa shape index (κ3) is 3.43. The number of thiophene rings is 1. The maximum absolute atomic E-state index is 12.3. The fraction of sp³-hybridized carbons (Fsp3) is 0.267. The van der Waals surface area contributed by atoms with E-state index in [0.717, 1.165) is 17.0 Å². The molecule has 22 heavy (non-hydrogen) atoms. The summed E-state index contributed by atoms with van der Waals surface area (Å²) in [6.07, 6.45) is 0. The summed E-state index contributed by atoms with van der Waals surface area (Å²) < 4.78 is 0. The molecule has 0 spiro atoms. The average molecular weight is 320 g/mol. The van der Waals surface area contributed by atoms with Crippen molar-refractivity contribution in [3.63, 3.8) is 0 Å². The van der Waals surface area contributed by atoms with E-state index in [1.165, 1.54) is 6.07 Å². The molecule has 0 saturated heterocycles. The van der Waals surface area contributed by atoms with Gasteiger partial charge in [0.2, 0.25) is 0 Å². The lowest BCUT2D eigenvalue weighted by Crippen LogP contribution is -2.31. The van der Waals surface area contributed by atoms with Gasteiger partial charge in [0.25, 0.3) is 5.91 Å². The van der Waals surface area contributed by atoms with Crippen molar-refractivity contribution >= 4 is 22.9 Å². The second kappa shape index (κ2) is 6.57. The van der Waals surface area contributed by atoms with Crippen LogP contribution in [0.25, 0.3) is 0 Å². The Balaban J connectivity index is 2.21. The summed E-state index contributed by atoms with van der Waals surface area (Å²) in [5, 5.41) is 25.1. The summed E-state index contributed by atoms with van der Waals surface area (Å²) >= 11 is 1.55. The SMILES string of the molecule is CC(C)C(NC(=O)c1ccc([N+](=O)[O-])c(O)c1)c1cccs1. The maximum atomic E-state index is 12.3. The van der Waals surface area contributed by atoms with E-state index in [2.05, 4.69) is 5.32 Å². The summed E-state index contributed by atoms with van der Waals surface area (Å²) in [6.45, 7) is 4.00. The minimum atomic E-state index is -0.695. The molecule has 0 aliphatic rings. The van der Waals surface area contributed by atoms with Crippen LogP contribution in [-0.2, 0) is 0 Å². The maximum Gasteiger partial charge on any atom is 0.310 e. The molecule has 0 aliphatic carbocycles. The van der Waals surface area contributed by atoms with Gasteiger partial charge in [-0.3, -0.25) is 14.9 Å². The lowest BCUT2D eigenvalue weighted by Gasteiger charge is -2.21. The Bertz CT molecular complexity index is 683. The highest BCUT2D eigenvalue weighted by Gasteiger charge is 2.21. The first-order valence-corrected chi connectivity index (χ1v) is 7.59. The summed E-state index contributed by atoms with van der Waals surface area (Å²) in [5.41, 5.74) is -0.236. The van der Waals surface area contributed by atoms with E-state index in [9.17, 15) is 20.0 Å². The van der Waals surface area contributed by atoms with Crippen molar-refractivity contribution in [3.8, 4) is 5.75 Å². The third-order valence-corrected chi connectivity index (χ3v) is 4.19.